The Hall–Kier alpha value is -4.06. The van der Waals surface area contributed by atoms with E-state index in [0.29, 0.717) is 17.0 Å². The number of nitrogens with one attached hydrogen (secondary N) is 2. The maximum Gasteiger partial charge on any atom is 0.274 e. The van der Waals surface area contributed by atoms with E-state index in [1.807, 2.05) is 36.5 Å². The van der Waals surface area contributed by atoms with E-state index in [1.54, 1.807) is 36.8 Å². The molecule has 5 rings (SSSR count). The van der Waals surface area contributed by atoms with E-state index in [1.165, 1.54) is 0 Å². The molecule has 6 nitrogen and oxygen atoms in total. The molecule has 1 amide bonds. The molecule has 5 aromatic rings. The first kappa shape index (κ1) is 16.1. The minimum absolute atomic E-state index is 0.263. The van der Waals surface area contributed by atoms with Gasteiger partial charge < -0.3 is 10.3 Å². The average molecular weight is 365 g/mol. The molecule has 4 heterocycles. The third kappa shape index (κ3) is 2.87. The van der Waals surface area contributed by atoms with Gasteiger partial charge in [-0.2, -0.15) is 0 Å². The minimum atomic E-state index is -0.263. The maximum absolute atomic E-state index is 12.5. The number of pyridine rings is 3. The summed E-state index contributed by atoms with van der Waals surface area (Å²) in [7, 11) is 0. The Morgan fingerprint density at radius 2 is 1.86 bits per heavy atom. The zero-order valence-corrected chi connectivity index (χ0v) is 14.8. The van der Waals surface area contributed by atoms with Crippen molar-refractivity contribution < 1.29 is 4.79 Å². The molecule has 0 aliphatic rings. The normalized spacial score (nSPS) is 11.0. The third-order valence-electron chi connectivity index (χ3n) is 4.62. The number of H-pyrrole nitrogens is 1. The molecule has 0 atom stereocenters. The molecule has 6 heteroatoms. The lowest BCUT2D eigenvalue weighted by Gasteiger charge is -2.05. The van der Waals surface area contributed by atoms with Crippen molar-refractivity contribution in [2.24, 2.45) is 0 Å². The number of carbonyl (C=O) groups excluding carboxylic acids is 1. The first-order chi connectivity index (χ1) is 13.8. The molecule has 0 saturated heterocycles. The Labute approximate surface area is 160 Å². The number of fused-ring (bicyclic) bond motifs is 2. The topological polar surface area (TPSA) is 83.6 Å². The number of hydrogen-bond acceptors (Lipinski definition) is 4. The van der Waals surface area contributed by atoms with Crippen molar-refractivity contribution in [3.63, 3.8) is 0 Å². The number of hydrogen-bond donors (Lipinski definition) is 2. The minimum Gasteiger partial charge on any atom is -0.345 e. The van der Waals surface area contributed by atoms with E-state index in [4.69, 9.17) is 0 Å². The molecule has 134 valence electrons. The Morgan fingerprint density at radius 1 is 0.964 bits per heavy atom. The van der Waals surface area contributed by atoms with Gasteiger partial charge in [0, 0.05) is 46.8 Å². The van der Waals surface area contributed by atoms with Crippen molar-refractivity contribution in [3.05, 3.63) is 85.1 Å². The van der Waals surface area contributed by atoms with Crippen LogP contribution in [0.15, 0.2) is 79.4 Å². The molecule has 2 N–H and O–H groups in total. The second kappa shape index (κ2) is 6.59. The van der Waals surface area contributed by atoms with E-state index < -0.39 is 0 Å². The summed E-state index contributed by atoms with van der Waals surface area (Å²) in [5.41, 5.74) is 4.76. The summed E-state index contributed by atoms with van der Waals surface area (Å²) in [6.07, 6.45) is 6.96. The fourth-order valence-corrected chi connectivity index (χ4v) is 3.24. The van der Waals surface area contributed by atoms with Gasteiger partial charge in [-0.25, -0.2) is 4.98 Å². The molecule has 0 saturated carbocycles. The van der Waals surface area contributed by atoms with Crippen LogP contribution in [0.3, 0.4) is 0 Å². The monoisotopic (exact) mass is 365 g/mol. The standard InChI is InChI=1S/C22H15N5O/c28-22(26-16-7-10-23-11-8-16)20-6-4-17-18(13-25-21(17)27-20)14-3-5-19-15(12-14)2-1-9-24-19/h1-13H,(H,25,27)(H,23,26,28). The molecule has 0 fully saturated rings. The highest BCUT2D eigenvalue weighted by Crippen LogP contribution is 2.30. The van der Waals surface area contributed by atoms with Crippen LogP contribution in [0.25, 0.3) is 33.1 Å². The van der Waals surface area contributed by atoms with Gasteiger partial charge in [-0.05, 0) is 48.0 Å². The summed E-state index contributed by atoms with van der Waals surface area (Å²) >= 11 is 0. The number of nitrogens with zero attached hydrogens (tertiary/aromatic N) is 3. The van der Waals surface area contributed by atoms with Crippen molar-refractivity contribution in [3.8, 4) is 11.1 Å². The van der Waals surface area contributed by atoms with Crippen molar-refractivity contribution in [2.45, 2.75) is 0 Å². The van der Waals surface area contributed by atoms with Gasteiger partial charge in [0.15, 0.2) is 0 Å². The second-order valence-corrected chi connectivity index (χ2v) is 6.40. The van der Waals surface area contributed by atoms with E-state index in [2.05, 4.69) is 31.3 Å². The predicted octanol–water partition coefficient (Wildman–Crippen LogP) is 4.43. The number of benzene rings is 1. The number of anilines is 1. The zero-order chi connectivity index (χ0) is 18.9. The lowest BCUT2D eigenvalue weighted by atomic mass is 10.0. The Morgan fingerprint density at radius 3 is 2.75 bits per heavy atom. The molecule has 28 heavy (non-hydrogen) atoms. The summed E-state index contributed by atoms with van der Waals surface area (Å²) in [6, 6.07) is 17.2. The lowest BCUT2D eigenvalue weighted by molar-refractivity contribution is 0.102. The van der Waals surface area contributed by atoms with Gasteiger partial charge in [0.2, 0.25) is 0 Å². The van der Waals surface area contributed by atoms with Crippen LogP contribution in [0.4, 0.5) is 5.69 Å². The molecule has 0 aliphatic heterocycles. The highest BCUT2D eigenvalue weighted by molar-refractivity contribution is 6.05. The number of aromatic nitrogens is 4. The van der Waals surface area contributed by atoms with Crippen LogP contribution >= 0.6 is 0 Å². The summed E-state index contributed by atoms with van der Waals surface area (Å²) in [5.74, 6) is -0.263. The molecule has 1 aromatic carbocycles. The summed E-state index contributed by atoms with van der Waals surface area (Å²) in [5, 5.41) is 4.86. The number of rotatable bonds is 3. The van der Waals surface area contributed by atoms with Gasteiger partial charge in [0.1, 0.15) is 11.3 Å². The highest BCUT2D eigenvalue weighted by atomic mass is 16.1. The van der Waals surface area contributed by atoms with Gasteiger partial charge in [-0.3, -0.25) is 14.8 Å². The van der Waals surface area contributed by atoms with E-state index >= 15 is 0 Å². The Kier molecular flexibility index (Phi) is 3.80. The zero-order valence-electron chi connectivity index (χ0n) is 14.8. The number of carbonyl (C=O) groups is 1. The molecular weight excluding hydrogens is 350 g/mol. The number of amides is 1. The molecule has 0 radical (unpaired) electrons. The molecule has 0 spiro atoms. The van der Waals surface area contributed by atoms with Crippen LogP contribution in [-0.2, 0) is 0 Å². The van der Waals surface area contributed by atoms with Crippen molar-refractivity contribution in [2.75, 3.05) is 5.32 Å². The van der Waals surface area contributed by atoms with Gasteiger partial charge in [-0.1, -0.05) is 12.1 Å². The fourth-order valence-electron chi connectivity index (χ4n) is 3.24. The third-order valence-corrected chi connectivity index (χ3v) is 4.62. The SMILES string of the molecule is O=C(Nc1ccncc1)c1ccc2c(-c3ccc4ncccc4c3)c[nH]c2n1. The maximum atomic E-state index is 12.5. The average Bonchev–Trinajstić information content (AvgIpc) is 3.17. The van der Waals surface area contributed by atoms with Crippen LogP contribution in [-0.4, -0.2) is 25.8 Å². The van der Waals surface area contributed by atoms with Crippen LogP contribution in [0.1, 0.15) is 10.5 Å². The lowest BCUT2D eigenvalue weighted by Crippen LogP contribution is -2.13. The quantitative estimate of drug-likeness (QED) is 0.495. The molecule has 0 unspecified atom stereocenters. The summed E-state index contributed by atoms with van der Waals surface area (Å²) in [6.45, 7) is 0. The Bertz CT molecular complexity index is 1310. The fraction of sp³-hybridized carbons (Fsp3) is 0. The van der Waals surface area contributed by atoms with Crippen LogP contribution in [0.5, 0.6) is 0 Å². The molecular formula is C22H15N5O. The Balaban J connectivity index is 1.50. The van der Waals surface area contributed by atoms with Crippen molar-refractivity contribution in [1.29, 1.82) is 0 Å². The summed E-state index contributed by atoms with van der Waals surface area (Å²) in [4.78, 5) is 28.4. The van der Waals surface area contributed by atoms with Crippen LogP contribution in [0, 0.1) is 0 Å². The van der Waals surface area contributed by atoms with Gasteiger partial charge in [0.25, 0.3) is 5.91 Å². The smallest absolute Gasteiger partial charge is 0.274 e. The van der Waals surface area contributed by atoms with Gasteiger partial charge in [-0.15, -0.1) is 0 Å². The first-order valence-corrected chi connectivity index (χ1v) is 8.82. The van der Waals surface area contributed by atoms with Crippen molar-refractivity contribution in [1.82, 2.24) is 19.9 Å². The van der Waals surface area contributed by atoms with Crippen LogP contribution in [0.2, 0.25) is 0 Å². The van der Waals surface area contributed by atoms with E-state index in [0.717, 1.165) is 27.4 Å². The molecule has 0 aliphatic carbocycles. The highest BCUT2D eigenvalue weighted by Gasteiger charge is 2.12. The first-order valence-electron chi connectivity index (χ1n) is 8.82. The van der Waals surface area contributed by atoms with E-state index in [-0.39, 0.29) is 5.91 Å². The molecule has 0 bridgehead atoms. The largest absolute Gasteiger partial charge is 0.345 e. The number of aromatic amines is 1. The predicted molar refractivity (Wildman–Crippen MR) is 109 cm³/mol. The van der Waals surface area contributed by atoms with Gasteiger partial charge in [0.05, 0.1) is 5.52 Å². The second-order valence-electron chi connectivity index (χ2n) is 6.40. The van der Waals surface area contributed by atoms with Crippen LogP contribution < -0.4 is 5.32 Å². The van der Waals surface area contributed by atoms with E-state index in [9.17, 15) is 4.79 Å². The molecule has 4 aromatic heterocycles. The van der Waals surface area contributed by atoms with Crippen molar-refractivity contribution >= 4 is 33.5 Å². The summed E-state index contributed by atoms with van der Waals surface area (Å²) < 4.78 is 0. The van der Waals surface area contributed by atoms with Gasteiger partial charge >= 0.3 is 0 Å².